The summed E-state index contributed by atoms with van der Waals surface area (Å²) in [7, 11) is 0. The summed E-state index contributed by atoms with van der Waals surface area (Å²) in [5, 5.41) is 11.1. The minimum atomic E-state index is 0.0948. The number of fused-ring (bicyclic) bond motifs is 2. The number of hydrogen-bond acceptors (Lipinski definition) is 7. The van der Waals surface area contributed by atoms with Gasteiger partial charge in [0.15, 0.2) is 11.6 Å². The molecule has 0 bridgehead atoms. The molecule has 0 fully saturated rings. The van der Waals surface area contributed by atoms with Gasteiger partial charge in [-0.25, -0.2) is 9.36 Å². The number of rotatable bonds is 11. The first-order valence-corrected chi connectivity index (χ1v) is 20.3. The molecule has 0 amide bonds. The van der Waals surface area contributed by atoms with E-state index in [9.17, 15) is 14.4 Å². The maximum Gasteiger partial charge on any atom is 0.158 e. The summed E-state index contributed by atoms with van der Waals surface area (Å²) in [5.41, 5.74) is 20.1. The third-order valence-electron chi connectivity index (χ3n) is 10.6. The number of hydrogen-bond donors (Lipinski definition) is 1. The van der Waals surface area contributed by atoms with Gasteiger partial charge in [0.05, 0.1) is 35.5 Å². The van der Waals surface area contributed by atoms with Crippen molar-refractivity contribution in [2.24, 2.45) is 10.7 Å². The van der Waals surface area contributed by atoms with Crippen LogP contribution in [0.5, 0.6) is 0 Å². The Balaban J connectivity index is 0.000000170. The minimum absolute atomic E-state index is 0.0948. The fourth-order valence-electron chi connectivity index (χ4n) is 6.93. The van der Waals surface area contributed by atoms with Crippen molar-refractivity contribution in [3.05, 3.63) is 189 Å². The smallest absolute Gasteiger partial charge is 0.158 e. The zero-order valence-electron chi connectivity index (χ0n) is 35.7. The maximum atomic E-state index is 12.4. The zero-order valence-corrected chi connectivity index (χ0v) is 35.7. The molecule has 0 saturated carbocycles. The summed E-state index contributed by atoms with van der Waals surface area (Å²) in [6.45, 7) is 12.6. The Kier molecular flexibility index (Phi) is 14.4. The number of aliphatic imine (C=N–C) groups is 1. The third kappa shape index (κ3) is 11.6. The Hall–Kier alpha value is -7.10. The predicted molar refractivity (Wildman–Crippen MR) is 248 cm³/mol. The number of Topliss-reactive ketones (excluding diaryl/α,β-unsaturated/α-hetero) is 2. The van der Waals surface area contributed by atoms with Gasteiger partial charge in [0.1, 0.15) is 6.29 Å². The lowest BCUT2D eigenvalue weighted by molar-refractivity contribution is -0.117. The monoisotopic (exact) mass is 808 g/mol. The standard InChI is InChI=1S/C26H25N3O.C15H12N2O.C11H15NO/c1-18-7-10-23(11-8-18)29-17-22-13-21(9-12-26(22)28-29)15-27-16-24(30)14-25-19(2)5-4-6-20(25)3;1-11-2-5-14(6-3-11)17-9-13-8-12(10-18)4-7-15(13)16-17;1-8-4-3-5-9(2)11(8)6-10(13)7-12/h4-13,15,17H,14,16H2,1-3H3;2-10H,1H3;3-5H,6-7,12H2,1-2H3. The molecule has 0 aliphatic rings. The van der Waals surface area contributed by atoms with Gasteiger partial charge in [0.25, 0.3) is 0 Å². The first-order chi connectivity index (χ1) is 29.4. The summed E-state index contributed by atoms with van der Waals surface area (Å²) in [6.07, 6.45) is 7.47. The minimum Gasteiger partial charge on any atom is -0.324 e. The highest BCUT2D eigenvalue weighted by Gasteiger charge is 2.09. The molecule has 8 rings (SSSR count). The van der Waals surface area contributed by atoms with Crippen LogP contribution in [0.1, 0.15) is 60.4 Å². The largest absolute Gasteiger partial charge is 0.324 e. The summed E-state index contributed by atoms with van der Waals surface area (Å²) in [5.74, 6) is 0.217. The maximum absolute atomic E-state index is 12.4. The number of aromatic nitrogens is 4. The van der Waals surface area contributed by atoms with Gasteiger partial charge >= 0.3 is 0 Å². The van der Waals surface area contributed by atoms with Gasteiger partial charge in [-0.15, -0.1) is 0 Å². The topological polar surface area (TPSA) is 125 Å². The molecule has 0 atom stereocenters. The second-order valence-electron chi connectivity index (χ2n) is 15.4. The molecule has 8 aromatic rings. The average Bonchev–Trinajstić information content (AvgIpc) is 3.89. The van der Waals surface area contributed by atoms with E-state index in [0.29, 0.717) is 18.4 Å². The highest BCUT2D eigenvalue weighted by Crippen LogP contribution is 2.20. The molecule has 9 nitrogen and oxygen atoms in total. The van der Waals surface area contributed by atoms with E-state index in [2.05, 4.69) is 65.4 Å². The van der Waals surface area contributed by atoms with Crippen LogP contribution in [0.2, 0.25) is 0 Å². The van der Waals surface area contributed by atoms with Gasteiger partial charge in [0.2, 0.25) is 0 Å². The predicted octanol–water partition coefficient (Wildman–Crippen LogP) is 9.70. The van der Waals surface area contributed by atoms with Gasteiger partial charge in [0, 0.05) is 47.8 Å². The van der Waals surface area contributed by atoms with Crippen LogP contribution in [-0.4, -0.2) is 56.7 Å². The van der Waals surface area contributed by atoms with Crippen molar-refractivity contribution in [2.75, 3.05) is 13.1 Å². The first-order valence-electron chi connectivity index (χ1n) is 20.3. The van der Waals surface area contributed by atoms with Crippen LogP contribution in [0.4, 0.5) is 0 Å². The van der Waals surface area contributed by atoms with Crippen LogP contribution >= 0.6 is 0 Å². The van der Waals surface area contributed by atoms with Gasteiger partial charge in [-0.1, -0.05) is 77.9 Å². The van der Waals surface area contributed by atoms with Gasteiger partial charge in [-0.3, -0.25) is 19.4 Å². The van der Waals surface area contributed by atoms with E-state index in [1.54, 1.807) is 12.3 Å². The first kappa shape index (κ1) is 43.5. The number of ketones is 2. The van der Waals surface area contributed by atoms with Gasteiger partial charge < -0.3 is 5.73 Å². The SMILES string of the molecule is Cc1ccc(-n2cc3cc(C=NCC(=O)Cc4c(C)cccc4C)ccc3n2)cc1.Cc1ccc(-n2cc3cc(C=O)ccc3n2)cc1.Cc1cccc(C)c1CC(=O)CN. The van der Waals surface area contributed by atoms with Crippen molar-refractivity contribution in [2.45, 2.75) is 54.4 Å². The van der Waals surface area contributed by atoms with Crippen molar-refractivity contribution in [1.82, 2.24) is 19.6 Å². The van der Waals surface area contributed by atoms with E-state index in [0.717, 1.165) is 67.3 Å². The molecule has 61 heavy (non-hydrogen) atoms. The molecule has 2 N–H and O–H groups in total. The van der Waals surface area contributed by atoms with Crippen LogP contribution in [0.15, 0.2) is 139 Å². The van der Waals surface area contributed by atoms with Gasteiger partial charge in [-0.2, -0.15) is 10.2 Å². The molecule has 0 radical (unpaired) electrons. The molecule has 308 valence electrons. The van der Waals surface area contributed by atoms with E-state index >= 15 is 0 Å². The number of carbonyl (C=O) groups is 3. The second-order valence-corrected chi connectivity index (χ2v) is 15.4. The fourth-order valence-corrected chi connectivity index (χ4v) is 6.93. The molecule has 0 aliphatic carbocycles. The Morgan fingerprint density at radius 1 is 0.574 bits per heavy atom. The molecular formula is C52H52N6O3. The molecule has 0 unspecified atom stereocenters. The van der Waals surface area contributed by atoms with Crippen molar-refractivity contribution in [3.8, 4) is 11.4 Å². The molecule has 2 aromatic heterocycles. The van der Waals surface area contributed by atoms with E-state index < -0.39 is 0 Å². The molecule has 9 heteroatoms. The summed E-state index contributed by atoms with van der Waals surface area (Å²) < 4.78 is 3.72. The van der Waals surface area contributed by atoms with Crippen molar-refractivity contribution >= 4 is 45.9 Å². The van der Waals surface area contributed by atoms with Crippen molar-refractivity contribution in [1.29, 1.82) is 0 Å². The molecule has 6 aromatic carbocycles. The Labute approximate surface area is 357 Å². The Morgan fingerprint density at radius 3 is 1.44 bits per heavy atom. The summed E-state index contributed by atoms with van der Waals surface area (Å²) in [6, 6.07) is 40.1. The molecule has 0 saturated heterocycles. The molecule has 0 spiro atoms. The van der Waals surface area contributed by atoms with Crippen LogP contribution in [0.25, 0.3) is 33.2 Å². The third-order valence-corrected chi connectivity index (χ3v) is 10.6. The average molecular weight is 809 g/mol. The Morgan fingerprint density at radius 2 is 1.00 bits per heavy atom. The van der Waals surface area contributed by atoms with Crippen LogP contribution in [0, 0.1) is 41.5 Å². The molecule has 0 aliphatic heterocycles. The van der Waals surface area contributed by atoms with E-state index in [1.165, 1.54) is 22.3 Å². The lowest BCUT2D eigenvalue weighted by atomic mass is 9.98. The molecular weight excluding hydrogens is 757 g/mol. The zero-order chi connectivity index (χ0) is 43.5. The molecule has 2 heterocycles. The van der Waals surface area contributed by atoms with E-state index in [-0.39, 0.29) is 24.7 Å². The quantitative estimate of drug-likeness (QED) is 0.103. The number of aldehydes is 1. The second kappa shape index (κ2) is 20.2. The summed E-state index contributed by atoms with van der Waals surface area (Å²) >= 11 is 0. The lowest BCUT2D eigenvalue weighted by Crippen LogP contribution is -2.16. The van der Waals surface area contributed by atoms with Crippen molar-refractivity contribution < 1.29 is 14.4 Å². The van der Waals surface area contributed by atoms with Gasteiger partial charge in [-0.05, 0) is 135 Å². The number of nitrogens with two attached hydrogens (primary N) is 1. The lowest BCUT2D eigenvalue weighted by Gasteiger charge is -2.07. The van der Waals surface area contributed by atoms with Crippen LogP contribution in [0.3, 0.4) is 0 Å². The fraction of sp³-hybridized carbons (Fsp3) is 0.192. The number of carbonyl (C=O) groups excluding carboxylic acids is 3. The van der Waals surface area contributed by atoms with Crippen LogP contribution in [-0.2, 0) is 22.4 Å². The summed E-state index contributed by atoms with van der Waals surface area (Å²) in [4.78, 5) is 38.7. The Bertz CT molecular complexity index is 2790. The number of nitrogens with zero attached hydrogens (tertiary/aromatic N) is 5. The normalized spacial score (nSPS) is 10.9. The van der Waals surface area contributed by atoms with Crippen LogP contribution < -0.4 is 5.73 Å². The highest BCUT2D eigenvalue weighted by atomic mass is 16.1. The highest BCUT2D eigenvalue weighted by molar-refractivity contribution is 5.91. The van der Waals surface area contributed by atoms with E-state index in [1.807, 2.05) is 128 Å². The number of aryl methyl sites for hydroxylation is 6. The number of benzene rings is 6. The van der Waals surface area contributed by atoms with Crippen molar-refractivity contribution in [3.63, 3.8) is 0 Å². The van der Waals surface area contributed by atoms with E-state index in [4.69, 9.17) is 5.73 Å².